The van der Waals surface area contributed by atoms with E-state index >= 15 is 0 Å². The third-order valence-corrected chi connectivity index (χ3v) is 10.0. The molecule has 0 amide bonds. The Bertz CT molecular complexity index is 1360. The summed E-state index contributed by atoms with van der Waals surface area (Å²) in [5, 5.41) is 10.2. The summed E-state index contributed by atoms with van der Waals surface area (Å²) in [6.07, 6.45) is 3.27. The molecule has 196 valence electrons. The van der Waals surface area contributed by atoms with Gasteiger partial charge in [-0.3, -0.25) is 0 Å². The van der Waals surface area contributed by atoms with Crippen molar-refractivity contribution in [3.63, 3.8) is 0 Å². The molecule has 1 fully saturated rings. The second-order valence-electron chi connectivity index (χ2n) is 9.48. The number of ether oxygens (including phenoxy) is 1. The number of nitrogens with zero attached hydrogens (tertiary/aromatic N) is 1. The van der Waals surface area contributed by atoms with Crippen molar-refractivity contribution in [3.8, 4) is 16.9 Å². The summed E-state index contributed by atoms with van der Waals surface area (Å²) in [7, 11) is -0.123. The smallest absolute Gasteiger partial charge is 0.387 e. The van der Waals surface area contributed by atoms with E-state index in [9.17, 15) is 13.9 Å². The van der Waals surface area contributed by atoms with E-state index in [-0.39, 0.29) is 29.2 Å². The number of aliphatic hydroxyl groups excluding tert-OH is 1. The van der Waals surface area contributed by atoms with Crippen molar-refractivity contribution in [2.45, 2.75) is 43.6 Å². The fourth-order valence-electron chi connectivity index (χ4n) is 4.85. The number of rotatable bonds is 11. The van der Waals surface area contributed by atoms with Crippen molar-refractivity contribution in [1.82, 2.24) is 9.97 Å². The minimum atomic E-state index is -2.93. The molecule has 5 rings (SSSR count). The minimum absolute atomic E-state index is 0.0250. The number of thiol groups is 1. The van der Waals surface area contributed by atoms with Crippen LogP contribution in [0.1, 0.15) is 43.5 Å². The summed E-state index contributed by atoms with van der Waals surface area (Å²) >= 11 is 6.58. The van der Waals surface area contributed by atoms with Gasteiger partial charge in [-0.15, -0.1) is 0 Å². The first-order valence-electron chi connectivity index (χ1n) is 12.7. The van der Waals surface area contributed by atoms with E-state index in [1.54, 1.807) is 24.3 Å². The molecule has 1 aliphatic carbocycles. The first kappa shape index (κ1) is 26.0. The molecule has 1 aromatic heterocycles. The molecular weight excluding hydrogens is 514 g/mol. The highest BCUT2D eigenvalue weighted by Gasteiger charge is 2.25. The van der Waals surface area contributed by atoms with Gasteiger partial charge in [0.05, 0.1) is 16.1 Å². The molecule has 2 atom stereocenters. The number of aromatic nitrogens is 2. The van der Waals surface area contributed by atoms with Crippen LogP contribution in [0.25, 0.3) is 22.2 Å². The molecule has 1 heterocycles. The maximum absolute atomic E-state index is 13.0. The Labute approximate surface area is 223 Å². The van der Waals surface area contributed by atoms with Gasteiger partial charge in [0.25, 0.3) is 0 Å². The molecule has 2 unspecified atom stereocenters. The highest BCUT2D eigenvalue weighted by Crippen LogP contribution is 2.45. The van der Waals surface area contributed by atoms with Crippen molar-refractivity contribution >= 4 is 33.5 Å². The standard InChI is InChI=1S/C29H31ClF2N2O2S/c1-2-37(17-18-7-8-18)20-11-9-19(10-12-20)21(13-14-35)28-33-25-15-23(24(30)16-26(25)34-28)22-5-3-4-6-27(22)36-29(31)32/h3-6,9-12,15-16,18,21,29,35,37H,2,7-8,13-14,17H2,1H3,(H,33,34). The second-order valence-corrected chi connectivity index (χ2v) is 12.5. The summed E-state index contributed by atoms with van der Waals surface area (Å²) < 4.78 is 30.6. The Morgan fingerprint density at radius 1 is 1.11 bits per heavy atom. The number of benzene rings is 3. The predicted molar refractivity (Wildman–Crippen MR) is 149 cm³/mol. The van der Waals surface area contributed by atoms with Crippen LogP contribution in [0.15, 0.2) is 65.6 Å². The number of fused-ring (bicyclic) bond motifs is 1. The zero-order valence-electron chi connectivity index (χ0n) is 20.6. The average Bonchev–Trinajstić information content (AvgIpc) is 3.63. The van der Waals surface area contributed by atoms with Gasteiger partial charge in [-0.2, -0.15) is 8.78 Å². The minimum Gasteiger partial charge on any atom is -0.434 e. The number of H-pyrrole nitrogens is 1. The van der Waals surface area contributed by atoms with E-state index in [4.69, 9.17) is 21.3 Å². The van der Waals surface area contributed by atoms with Crippen LogP contribution in [0.5, 0.6) is 5.75 Å². The monoisotopic (exact) mass is 544 g/mol. The molecule has 0 spiro atoms. The number of hydrogen-bond acceptors (Lipinski definition) is 3. The summed E-state index contributed by atoms with van der Waals surface area (Å²) in [6.45, 7) is -0.630. The maximum atomic E-state index is 13.0. The lowest BCUT2D eigenvalue weighted by molar-refractivity contribution is -0.0494. The molecule has 4 aromatic rings. The maximum Gasteiger partial charge on any atom is 0.387 e. The highest BCUT2D eigenvalue weighted by atomic mass is 35.5. The first-order chi connectivity index (χ1) is 18.0. The van der Waals surface area contributed by atoms with Crippen molar-refractivity contribution in [2.75, 3.05) is 18.1 Å². The van der Waals surface area contributed by atoms with Gasteiger partial charge in [-0.05, 0) is 65.3 Å². The first-order valence-corrected chi connectivity index (χ1v) is 14.7. The Morgan fingerprint density at radius 3 is 2.54 bits per heavy atom. The molecule has 0 bridgehead atoms. The molecule has 8 heteroatoms. The highest BCUT2D eigenvalue weighted by molar-refractivity contribution is 8.17. The molecule has 4 nitrogen and oxygen atoms in total. The SMILES string of the molecule is CC[SH](CC1CC1)c1ccc(C(CCO)c2nc3cc(Cl)c(-c4ccccc4OC(F)F)cc3[nH]2)cc1. The van der Waals surface area contributed by atoms with E-state index in [1.807, 2.05) is 6.07 Å². The molecular formula is C29H31ClF2N2O2S. The van der Waals surface area contributed by atoms with Crippen LogP contribution in [-0.4, -0.2) is 39.8 Å². The van der Waals surface area contributed by atoms with E-state index in [2.05, 4.69) is 36.2 Å². The fraction of sp³-hybridized carbons (Fsp3) is 0.345. The second kappa shape index (κ2) is 11.4. The lowest BCUT2D eigenvalue weighted by Crippen LogP contribution is -2.06. The molecule has 2 N–H and O–H groups in total. The third kappa shape index (κ3) is 5.95. The molecule has 0 radical (unpaired) electrons. The van der Waals surface area contributed by atoms with Gasteiger partial charge in [0, 0.05) is 23.7 Å². The van der Waals surface area contributed by atoms with Gasteiger partial charge in [-0.25, -0.2) is 15.9 Å². The molecule has 1 saturated carbocycles. The van der Waals surface area contributed by atoms with Crippen LogP contribution in [0.2, 0.25) is 5.02 Å². The summed E-state index contributed by atoms with van der Waals surface area (Å²) in [4.78, 5) is 9.62. The Hall–Kier alpha value is -2.61. The van der Waals surface area contributed by atoms with Crippen molar-refractivity contribution < 1.29 is 18.6 Å². The van der Waals surface area contributed by atoms with Gasteiger partial charge in [-0.1, -0.05) is 61.0 Å². The number of imidazole rings is 1. The van der Waals surface area contributed by atoms with Gasteiger partial charge in [0.1, 0.15) is 11.6 Å². The van der Waals surface area contributed by atoms with Gasteiger partial charge < -0.3 is 14.8 Å². The zero-order chi connectivity index (χ0) is 25.9. The third-order valence-electron chi connectivity index (χ3n) is 6.95. The average molecular weight is 545 g/mol. The molecule has 0 aliphatic heterocycles. The van der Waals surface area contributed by atoms with Crippen LogP contribution in [0.4, 0.5) is 8.78 Å². The van der Waals surface area contributed by atoms with Crippen LogP contribution in [0, 0.1) is 5.92 Å². The number of aromatic amines is 1. The summed E-state index contributed by atoms with van der Waals surface area (Å²) in [5.74, 6) is 4.11. The molecule has 37 heavy (non-hydrogen) atoms. The van der Waals surface area contributed by atoms with E-state index in [0.29, 0.717) is 28.1 Å². The van der Waals surface area contributed by atoms with E-state index < -0.39 is 6.61 Å². The van der Waals surface area contributed by atoms with Gasteiger partial charge in [0.15, 0.2) is 0 Å². The number of para-hydroxylation sites is 1. The van der Waals surface area contributed by atoms with Gasteiger partial charge >= 0.3 is 6.61 Å². The van der Waals surface area contributed by atoms with Crippen molar-refractivity contribution in [1.29, 1.82) is 0 Å². The van der Waals surface area contributed by atoms with Crippen LogP contribution < -0.4 is 4.74 Å². The lowest BCUT2D eigenvalue weighted by Gasteiger charge is -2.21. The van der Waals surface area contributed by atoms with Crippen molar-refractivity contribution in [2.24, 2.45) is 5.92 Å². The zero-order valence-corrected chi connectivity index (χ0v) is 22.3. The van der Waals surface area contributed by atoms with Gasteiger partial charge in [0.2, 0.25) is 0 Å². The number of alkyl halides is 2. The Kier molecular flexibility index (Phi) is 8.03. The van der Waals surface area contributed by atoms with E-state index in [0.717, 1.165) is 22.8 Å². The number of aliphatic hydroxyl groups is 1. The molecule has 0 saturated heterocycles. The predicted octanol–water partition coefficient (Wildman–Crippen LogP) is 7.79. The number of hydrogen-bond donors (Lipinski definition) is 3. The molecule has 1 aliphatic rings. The summed E-state index contributed by atoms with van der Waals surface area (Å²) in [6, 6.07) is 19.0. The van der Waals surface area contributed by atoms with Crippen LogP contribution >= 0.6 is 22.5 Å². The largest absolute Gasteiger partial charge is 0.434 e. The Balaban J connectivity index is 1.46. The lowest BCUT2D eigenvalue weighted by atomic mass is 9.95. The van der Waals surface area contributed by atoms with Crippen molar-refractivity contribution in [3.05, 3.63) is 77.1 Å². The van der Waals surface area contributed by atoms with Crippen LogP contribution in [-0.2, 0) is 0 Å². The quantitative estimate of drug-likeness (QED) is 0.169. The Morgan fingerprint density at radius 2 is 1.86 bits per heavy atom. The van der Waals surface area contributed by atoms with E-state index in [1.165, 1.54) is 35.3 Å². The normalized spacial score (nSPS) is 15.8. The topological polar surface area (TPSA) is 58.1 Å². The fourth-order valence-corrected chi connectivity index (χ4v) is 7.50. The number of nitrogens with one attached hydrogen (secondary N) is 1. The van der Waals surface area contributed by atoms with Crippen LogP contribution in [0.3, 0.4) is 0 Å². The molecule has 3 aromatic carbocycles. The number of halogens is 3. The summed E-state index contributed by atoms with van der Waals surface area (Å²) in [5.41, 5.74) is 3.56.